The third kappa shape index (κ3) is 5.10. The quantitative estimate of drug-likeness (QED) is 0.792. The second-order valence-electron chi connectivity index (χ2n) is 4.52. The van der Waals surface area contributed by atoms with Crippen LogP contribution >= 0.6 is 0 Å². The summed E-state index contributed by atoms with van der Waals surface area (Å²) in [5, 5.41) is 5.63. The zero-order chi connectivity index (χ0) is 14.0. The van der Waals surface area contributed by atoms with Gasteiger partial charge in [-0.25, -0.2) is 4.79 Å². The van der Waals surface area contributed by atoms with Crippen molar-refractivity contribution in [2.24, 2.45) is 0 Å². The number of carbonyl (C=O) groups is 1. The van der Waals surface area contributed by atoms with Crippen LogP contribution in [0.3, 0.4) is 0 Å². The Morgan fingerprint density at radius 1 is 1.00 bits per heavy atom. The molecule has 1 aromatic carbocycles. The molecule has 0 aliphatic carbocycles. The minimum atomic E-state index is -0.149. The monoisotopic (exact) mass is 269 g/mol. The lowest BCUT2D eigenvalue weighted by atomic mass is 10.1. The highest BCUT2D eigenvalue weighted by Crippen LogP contribution is 2.01. The Balaban J connectivity index is 1.59. The van der Waals surface area contributed by atoms with Gasteiger partial charge < -0.3 is 10.6 Å². The largest absolute Gasteiger partial charge is 0.338 e. The normalized spacial score (nSPS) is 10.0. The van der Waals surface area contributed by atoms with Gasteiger partial charge in [0.1, 0.15) is 0 Å². The molecule has 0 bridgehead atoms. The second-order valence-corrected chi connectivity index (χ2v) is 4.52. The number of pyridine rings is 1. The molecule has 0 atom stereocenters. The van der Waals surface area contributed by atoms with E-state index in [9.17, 15) is 4.79 Å². The Morgan fingerprint density at radius 2 is 1.80 bits per heavy atom. The van der Waals surface area contributed by atoms with E-state index in [4.69, 9.17) is 0 Å². The summed E-state index contributed by atoms with van der Waals surface area (Å²) < 4.78 is 0. The van der Waals surface area contributed by atoms with Crippen LogP contribution in [-0.4, -0.2) is 17.6 Å². The van der Waals surface area contributed by atoms with Crippen molar-refractivity contribution in [1.29, 1.82) is 0 Å². The predicted molar refractivity (Wildman–Crippen MR) is 79.2 cm³/mol. The van der Waals surface area contributed by atoms with Gasteiger partial charge in [-0.2, -0.15) is 0 Å². The van der Waals surface area contributed by atoms with Crippen molar-refractivity contribution in [1.82, 2.24) is 15.6 Å². The molecule has 2 rings (SSSR count). The van der Waals surface area contributed by atoms with Gasteiger partial charge in [0, 0.05) is 12.7 Å². The Hall–Kier alpha value is -2.36. The number of nitrogens with zero attached hydrogens (tertiary/aromatic N) is 1. The van der Waals surface area contributed by atoms with Crippen LogP contribution in [0.15, 0.2) is 54.7 Å². The molecule has 1 aromatic heterocycles. The molecule has 0 saturated carbocycles. The highest BCUT2D eigenvalue weighted by atomic mass is 16.2. The fourth-order valence-corrected chi connectivity index (χ4v) is 1.88. The summed E-state index contributed by atoms with van der Waals surface area (Å²) in [6.45, 7) is 1.12. The number of nitrogens with one attached hydrogen (secondary N) is 2. The van der Waals surface area contributed by atoms with Crippen molar-refractivity contribution in [3.8, 4) is 0 Å². The highest BCUT2D eigenvalue weighted by Gasteiger charge is 2.00. The third-order valence-corrected chi connectivity index (χ3v) is 2.93. The van der Waals surface area contributed by atoms with Crippen molar-refractivity contribution < 1.29 is 4.79 Å². The molecule has 2 aromatic rings. The molecule has 0 aliphatic rings. The Morgan fingerprint density at radius 3 is 2.55 bits per heavy atom. The van der Waals surface area contributed by atoms with E-state index in [1.54, 1.807) is 6.20 Å². The van der Waals surface area contributed by atoms with E-state index in [1.807, 2.05) is 36.4 Å². The van der Waals surface area contributed by atoms with E-state index in [-0.39, 0.29) is 6.03 Å². The molecule has 0 saturated heterocycles. The number of benzene rings is 1. The van der Waals surface area contributed by atoms with Crippen molar-refractivity contribution in [2.45, 2.75) is 19.4 Å². The van der Waals surface area contributed by atoms with Crippen LogP contribution in [-0.2, 0) is 13.0 Å². The summed E-state index contributed by atoms with van der Waals surface area (Å²) in [4.78, 5) is 15.7. The lowest BCUT2D eigenvalue weighted by molar-refractivity contribution is 0.240. The van der Waals surface area contributed by atoms with Crippen LogP contribution in [0.5, 0.6) is 0 Å². The van der Waals surface area contributed by atoms with Crippen molar-refractivity contribution in [2.75, 3.05) is 6.54 Å². The molecule has 0 radical (unpaired) electrons. The maximum Gasteiger partial charge on any atom is 0.315 e. The van der Waals surface area contributed by atoms with Gasteiger partial charge >= 0.3 is 6.03 Å². The molecule has 2 amide bonds. The zero-order valence-corrected chi connectivity index (χ0v) is 11.4. The summed E-state index contributed by atoms with van der Waals surface area (Å²) in [6, 6.07) is 15.8. The standard InChI is InChI=1S/C16H19N3O/c20-16(19-13-15-10-4-5-11-17-15)18-12-6-9-14-7-2-1-3-8-14/h1-5,7-8,10-11H,6,9,12-13H2,(H2,18,19,20). The molecule has 0 fully saturated rings. The van der Waals surface area contributed by atoms with E-state index in [0.29, 0.717) is 13.1 Å². The number of carbonyl (C=O) groups excluding carboxylic acids is 1. The number of amides is 2. The Labute approximate surface area is 119 Å². The summed E-state index contributed by atoms with van der Waals surface area (Å²) >= 11 is 0. The van der Waals surface area contributed by atoms with Crippen LogP contribution in [0.2, 0.25) is 0 Å². The number of hydrogen-bond acceptors (Lipinski definition) is 2. The first-order valence-electron chi connectivity index (χ1n) is 6.80. The van der Waals surface area contributed by atoms with Crippen LogP contribution < -0.4 is 10.6 Å². The predicted octanol–water partition coefficient (Wildman–Crippen LogP) is 2.51. The second kappa shape index (κ2) is 7.94. The maximum absolute atomic E-state index is 11.6. The highest BCUT2D eigenvalue weighted by molar-refractivity contribution is 5.73. The molecule has 104 valence electrons. The molecular formula is C16H19N3O. The van der Waals surface area contributed by atoms with E-state index < -0.39 is 0 Å². The number of urea groups is 1. The van der Waals surface area contributed by atoms with E-state index in [1.165, 1.54) is 5.56 Å². The topological polar surface area (TPSA) is 54.0 Å². The fraction of sp³-hybridized carbons (Fsp3) is 0.250. The average molecular weight is 269 g/mol. The zero-order valence-electron chi connectivity index (χ0n) is 11.4. The van der Waals surface area contributed by atoms with Crippen molar-refractivity contribution >= 4 is 6.03 Å². The minimum Gasteiger partial charge on any atom is -0.338 e. The van der Waals surface area contributed by atoms with Crippen LogP contribution in [0.25, 0.3) is 0 Å². The summed E-state index contributed by atoms with van der Waals surface area (Å²) in [6.07, 6.45) is 3.62. The van der Waals surface area contributed by atoms with Crippen molar-refractivity contribution in [3.63, 3.8) is 0 Å². The first-order valence-corrected chi connectivity index (χ1v) is 6.80. The minimum absolute atomic E-state index is 0.149. The van der Waals surface area contributed by atoms with Crippen LogP contribution in [0, 0.1) is 0 Å². The molecule has 4 heteroatoms. The SMILES string of the molecule is O=C(NCCCc1ccccc1)NCc1ccccn1. The number of hydrogen-bond donors (Lipinski definition) is 2. The molecule has 0 unspecified atom stereocenters. The van der Waals surface area contributed by atoms with Crippen LogP contribution in [0.1, 0.15) is 17.7 Å². The number of aryl methyl sites for hydroxylation is 1. The number of rotatable bonds is 6. The average Bonchev–Trinajstić information content (AvgIpc) is 2.52. The first-order chi connectivity index (χ1) is 9.84. The van der Waals surface area contributed by atoms with Gasteiger partial charge in [0.15, 0.2) is 0 Å². The lowest BCUT2D eigenvalue weighted by Gasteiger charge is -2.07. The van der Waals surface area contributed by atoms with Gasteiger partial charge in [-0.3, -0.25) is 4.98 Å². The van der Waals surface area contributed by atoms with Gasteiger partial charge in [0.25, 0.3) is 0 Å². The maximum atomic E-state index is 11.6. The fourth-order valence-electron chi connectivity index (χ4n) is 1.88. The van der Waals surface area contributed by atoms with Crippen LogP contribution in [0.4, 0.5) is 4.79 Å². The third-order valence-electron chi connectivity index (χ3n) is 2.93. The summed E-state index contributed by atoms with van der Waals surface area (Å²) in [5.41, 5.74) is 2.15. The smallest absolute Gasteiger partial charge is 0.315 e. The molecule has 0 aliphatic heterocycles. The van der Waals surface area contributed by atoms with E-state index >= 15 is 0 Å². The lowest BCUT2D eigenvalue weighted by Crippen LogP contribution is -2.35. The summed E-state index contributed by atoms with van der Waals surface area (Å²) in [5.74, 6) is 0. The van der Waals surface area contributed by atoms with Gasteiger partial charge in [-0.05, 0) is 30.5 Å². The van der Waals surface area contributed by atoms with Gasteiger partial charge in [-0.1, -0.05) is 36.4 Å². The molecule has 4 nitrogen and oxygen atoms in total. The van der Waals surface area contributed by atoms with Crippen molar-refractivity contribution in [3.05, 3.63) is 66.0 Å². The summed E-state index contributed by atoms with van der Waals surface area (Å²) in [7, 11) is 0. The molecular weight excluding hydrogens is 250 g/mol. The number of aromatic nitrogens is 1. The molecule has 0 spiro atoms. The molecule has 20 heavy (non-hydrogen) atoms. The Bertz CT molecular complexity index is 514. The first kappa shape index (κ1) is 14.1. The van der Waals surface area contributed by atoms with E-state index in [0.717, 1.165) is 18.5 Å². The van der Waals surface area contributed by atoms with Gasteiger partial charge in [-0.15, -0.1) is 0 Å². The molecule has 1 heterocycles. The van der Waals surface area contributed by atoms with Gasteiger partial charge in [0.2, 0.25) is 0 Å². The van der Waals surface area contributed by atoms with E-state index in [2.05, 4.69) is 27.8 Å². The molecule has 2 N–H and O–H groups in total. The van der Waals surface area contributed by atoms with Gasteiger partial charge in [0.05, 0.1) is 12.2 Å². The Kier molecular flexibility index (Phi) is 5.58.